The SMILES string of the molecule is Fc1ccc(Cl)cc1.O[B]O. The fourth-order valence-electron chi connectivity index (χ4n) is 0.430. The Hall–Kier alpha value is -0.575. The summed E-state index contributed by atoms with van der Waals surface area (Å²) in [6.07, 6.45) is 0. The lowest BCUT2D eigenvalue weighted by molar-refractivity contribution is 0.448. The van der Waals surface area contributed by atoms with E-state index in [1.807, 2.05) is 0 Å². The summed E-state index contributed by atoms with van der Waals surface area (Å²) in [5, 5.41) is 14.6. The summed E-state index contributed by atoms with van der Waals surface area (Å²) >= 11 is 5.44. The van der Waals surface area contributed by atoms with Gasteiger partial charge in [0, 0.05) is 5.02 Å². The topological polar surface area (TPSA) is 40.5 Å². The predicted octanol–water partition coefficient (Wildman–Crippen LogP) is 0.984. The maximum atomic E-state index is 12.0. The lowest BCUT2D eigenvalue weighted by atomic mass is 10.4. The molecule has 0 fully saturated rings. The molecule has 1 rings (SSSR count). The maximum Gasteiger partial charge on any atom is 0.482 e. The second-order valence-electron chi connectivity index (χ2n) is 1.55. The Labute approximate surface area is 69.6 Å². The molecular weight excluding hydrogens is 169 g/mol. The van der Waals surface area contributed by atoms with E-state index in [2.05, 4.69) is 0 Å². The van der Waals surface area contributed by atoms with Crippen LogP contribution >= 0.6 is 11.6 Å². The van der Waals surface area contributed by atoms with Gasteiger partial charge in [0.25, 0.3) is 0 Å². The second-order valence-corrected chi connectivity index (χ2v) is 1.99. The van der Waals surface area contributed by atoms with E-state index in [4.69, 9.17) is 21.6 Å². The van der Waals surface area contributed by atoms with Crippen LogP contribution in [-0.2, 0) is 0 Å². The van der Waals surface area contributed by atoms with Crippen molar-refractivity contribution in [1.82, 2.24) is 0 Å². The van der Waals surface area contributed by atoms with Gasteiger partial charge in [0.05, 0.1) is 0 Å². The highest BCUT2D eigenvalue weighted by Crippen LogP contribution is 2.07. The van der Waals surface area contributed by atoms with Crippen molar-refractivity contribution in [2.45, 2.75) is 0 Å². The Kier molecular flexibility index (Phi) is 5.83. The minimum absolute atomic E-state index is 0. The number of hydrogen-bond donors (Lipinski definition) is 2. The van der Waals surface area contributed by atoms with Crippen molar-refractivity contribution in [2.75, 3.05) is 0 Å². The molecule has 11 heavy (non-hydrogen) atoms. The van der Waals surface area contributed by atoms with Gasteiger partial charge in [0.1, 0.15) is 5.82 Å². The van der Waals surface area contributed by atoms with E-state index >= 15 is 0 Å². The van der Waals surface area contributed by atoms with Gasteiger partial charge in [-0.2, -0.15) is 0 Å². The van der Waals surface area contributed by atoms with Crippen molar-refractivity contribution in [1.29, 1.82) is 0 Å². The maximum absolute atomic E-state index is 12.0. The van der Waals surface area contributed by atoms with Crippen LogP contribution in [0.1, 0.15) is 0 Å². The van der Waals surface area contributed by atoms with Gasteiger partial charge in [-0.25, -0.2) is 4.39 Å². The van der Waals surface area contributed by atoms with Crippen molar-refractivity contribution in [3.63, 3.8) is 0 Å². The molecule has 0 aliphatic heterocycles. The molecule has 1 aromatic rings. The minimum atomic E-state index is -0.255. The number of benzene rings is 1. The number of halogens is 2. The van der Waals surface area contributed by atoms with Crippen LogP contribution in [-0.4, -0.2) is 17.7 Å². The Morgan fingerprint density at radius 3 is 1.82 bits per heavy atom. The quantitative estimate of drug-likeness (QED) is 0.577. The van der Waals surface area contributed by atoms with Crippen LogP contribution in [0.3, 0.4) is 0 Å². The smallest absolute Gasteiger partial charge is 0.429 e. The van der Waals surface area contributed by atoms with E-state index in [0.29, 0.717) is 5.02 Å². The van der Waals surface area contributed by atoms with Crippen LogP contribution in [0.4, 0.5) is 4.39 Å². The third kappa shape index (κ3) is 5.85. The molecule has 2 N–H and O–H groups in total. The Bertz CT molecular complexity index is 171. The Balaban J connectivity index is 0.000000292. The molecule has 0 aliphatic rings. The molecule has 0 aromatic heterocycles. The zero-order chi connectivity index (χ0) is 8.69. The van der Waals surface area contributed by atoms with Crippen LogP contribution in [0, 0.1) is 5.82 Å². The van der Waals surface area contributed by atoms with E-state index in [9.17, 15) is 4.39 Å². The molecule has 1 radical (unpaired) electrons. The zero-order valence-corrected chi connectivity index (χ0v) is 6.29. The van der Waals surface area contributed by atoms with Crippen LogP contribution in [0.25, 0.3) is 0 Å². The summed E-state index contributed by atoms with van der Waals surface area (Å²) in [4.78, 5) is 0. The van der Waals surface area contributed by atoms with Crippen molar-refractivity contribution >= 4 is 19.3 Å². The molecule has 0 spiro atoms. The molecule has 2 nitrogen and oxygen atoms in total. The van der Waals surface area contributed by atoms with Gasteiger partial charge in [-0.3, -0.25) is 0 Å². The standard InChI is InChI=1S/C6H4ClF.BH2O2/c7-5-1-3-6(8)4-2-5;2-1-3/h1-4H;2-3H. The molecule has 0 bridgehead atoms. The molecule has 59 valence electrons. The molecule has 1 aromatic carbocycles. The summed E-state index contributed by atoms with van der Waals surface area (Å²) in [7, 11) is 0. The van der Waals surface area contributed by atoms with Gasteiger partial charge in [-0.15, -0.1) is 0 Å². The Morgan fingerprint density at radius 1 is 1.18 bits per heavy atom. The van der Waals surface area contributed by atoms with Gasteiger partial charge in [-0.05, 0) is 24.3 Å². The highest BCUT2D eigenvalue weighted by Gasteiger charge is 1.85. The normalized spacial score (nSPS) is 8.00. The van der Waals surface area contributed by atoms with Crippen LogP contribution in [0.5, 0.6) is 0 Å². The summed E-state index contributed by atoms with van der Waals surface area (Å²) in [6.45, 7) is 0. The molecule has 0 atom stereocenters. The van der Waals surface area contributed by atoms with E-state index < -0.39 is 0 Å². The first kappa shape index (κ1) is 10.4. The van der Waals surface area contributed by atoms with Gasteiger partial charge in [0.15, 0.2) is 0 Å². The van der Waals surface area contributed by atoms with Crippen molar-refractivity contribution in [3.05, 3.63) is 35.1 Å². The van der Waals surface area contributed by atoms with Crippen LogP contribution in [0.15, 0.2) is 24.3 Å². The van der Waals surface area contributed by atoms with Crippen LogP contribution in [0.2, 0.25) is 5.02 Å². The van der Waals surface area contributed by atoms with Crippen LogP contribution < -0.4 is 0 Å². The largest absolute Gasteiger partial charge is 0.482 e. The van der Waals surface area contributed by atoms with Gasteiger partial charge >= 0.3 is 7.69 Å². The van der Waals surface area contributed by atoms with Gasteiger partial charge in [0.2, 0.25) is 0 Å². The first-order valence-corrected chi connectivity index (χ1v) is 3.09. The molecule has 0 unspecified atom stereocenters. The summed E-state index contributed by atoms with van der Waals surface area (Å²) in [6, 6.07) is 5.67. The first-order valence-electron chi connectivity index (χ1n) is 2.72. The van der Waals surface area contributed by atoms with E-state index in [1.165, 1.54) is 24.3 Å². The third-order valence-corrected chi connectivity index (χ3v) is 1.06. The number of hydrogen-bond acceptors (Lipinski definition) is 2. The highest BCUT2D eigenvalue weighted by molar-refractivity contribution is 6.30. The lowest BCUT2D eigenvalue weighted by Gasteiger charge is -1.84. The summed E-state index contributed by atoms with van der Waals surface area (Å²) in [5.41, 5.74) is 0. The van der Waals surface area contributed by atoms with E-state index in [-0.39, 0.29) is 13.5 Å². The summed E-state index contributed by atoms with van der Waals surface area (Å²) < 4.78 is 12.0. The molecule has 0 amide bonds. The average Bonchev–Trinajstić information content (AvgIpc) is 1.97. The van der Waals surface area contributed by atoms with Crippen molar-refractivity contribution in [3.8, 4) is 0 Å². The molecule has 5 heteroatoms. The lowest BCUT2D eigenvalue weighted by Crippen LogP contribution is -1.75. The zero-order valence-electron chi connectivity index (χ0n) is 5.54. The molecule has 0 heterocycles. The minimum Gasteiger partial charge on any atom is -0.429 e. The van der Waals surface area contributed by atoms with Gasteiger partial charge < -0.3 is 10.0 Å². The fourth-order valence-corrected chi connectivity index (χ4v) is 0.556. The second kappa shape index (κ2) is 6.16. The monoisotopic (exact) mass is 175 g/mol. The van der Waals surface area contributed by atoms with Gasteiger partial charge in [-0.1, -0.05) is 11.6 Å². The Morgan fingerprint density at radius 2 is 1.55 bits per heavy atom. The fraction of sp³-hybridized carbons (Fsp3) is 0. The summed E-state index contributed by atoms with van der Waals surface area (Å²) in [5.74, 6) is -0.255. The van der Waals surface area contributed by atoms with Crippen molar-refractivity contribution < 1.29 is 14.4 Å². The number of rotatable bonds is 0. The molecule has 0 aliphatic carbocycles. The molecule has 0 saturated carbocycles. The molecule has 0 saturated heterocycles. The highest BCUT2D eigenvalue weighted by atomic mass is 35.5. The van der Waals surface area contributed by atoms with Crippen molar-refractivity contribution in [2.24, 2.45) is 0 Å². The average molecular weight is 175 g/mol. The predicted molar refractivity (Wildman–Crippen MR) is 41.6 cm³/mol. The van der Waals surface area contributed by atoms with E-state index in [0.717, 1.165) is 0 Å². The first-order chi connectivity index (χ1) is 5.20. The molecular formula is C6H6BClFO2. The van der Waals surface area contributed by atoms with E-state index in [1.54, 1.807) is 0 Å². The third-order valence-electron chi connectivity index (χ3n) is 0.804.